The molecule has 2 aliphatic rings. The zero-order valence-corrected chi connectivity index (χ0v) is 39.1. The zero-order chi connectivity index (χ0) is 44.1. The molecule has 6 aromatic carbocycles. The second-order valence-corrected chi connectivity index (χ2v) is 19.6. The van der Waals surface area contributed by atoms with Crippen LogP contribution in [-0.4, -0.2) is 13.1 Å². The lowest BCUT2D eigenvalue weighted by Gasteiger charge is -2.35. The molecule has 8 rings (SSSR count). The molecule has 322 valence electrons. The maximum atomic E-state index is 7.45. The average molecular weight is 850 g/mol. The molecule has 0 fully saturated rings. The molecule has 0 spiro atoms. The summed E-state index contributed by atoms with van der Waals surface area (Å²) < 4.78 is 0. The summed E-state index contributed by atoms with van der Waals surface area (Å²) in [5, 5.41) is 9.86. The molecule has 0 amide bonds. The number of hydrogen-bond acceptors (Lipinski definition) is 2. The third-order valence-corrected chi connectivity index (χ3v) is 14.2. The summed E-state index contributed by atoms with van der Waals surface area (Å²) in [6.45, 7) is 20.8. The second-order valence-electron chi connectivity index (χ2n) is 19.3. The number of rotatable bonds is 16. The molecule has 63 heavy (non-hydrogen) atoms. The number of allylic oxidation sites excluding steroid dienone is 9. The SMILES string of the molecule is C=C(/C=C/C1=C(Cl)C(=C/C=C2/N(CCC(C)C)c3ccc4ccccc4c3C2(C)Cc2ccccc2)/CC1)C(C)(Cc1ccccc1)c1c(NCCC(C)C)ccc2ccccc12. The van der Waals surface area contributed by atoms with Crippen LogP contribution >= 0.6 is 11.6 Å². The van der Waals surface area contributed by atoms with Crippen molar-refractivity contribution >= 4 is 44.5 Å². The Labute approximate surface area is 382 Å². The molecule has 0 radical (unpaired) electrons. The Morgan fingerprint density at radius 3 is 2.06 bits per heavy atom. The number of fused-ring (bicyclic) bond motifs is 4. The van der Waals surface area contributed by atoms with Crippen molar-refractivity contribution < 1.29 is 0 Å². The van der Waals surface area contributed by atoms with E-state index in [4.69, 9.17) is 18.2 Å². The van der Waals surface area contributed by atoms with Gasteiger partial charge in [-0.15, -0.1) is 0 Å². The largest absolute Gasteiger partial charge is 0.385 e. The van der Waals surface area contributed by atoms with E-state index in [2.05, 4.69) is 210 Å². The molecule has 0 aromatic heterocycles. The Bertz CT molecular complexity index is 2720. The van der Waals surface area contributed by atoms with Gasteiger partial charge in [0, 0.05) is 46.0 Å². The number of halogens is 1. The van der Waals surface area contributed by atoms with Crippen LogP contribution in [0.4, 0.5) is 11.4 Å². The van der Waals surface area contributed by atoms with Gasteiger partial charge in [0.2, 0.25) is 0 Å². The quantitative estimate of drug-likeness (QED) is 0.0976. The highest BCUT2D eigenvalue weighted by atomic mass is 35.5. The molecule has 1 heterocycles. The fraction of sp³-hybridized carbons (Fsp3) is 0.300. The third-order valence-electron chi connectivity index (χ3n) is 13.7. The highest BCUT2D eigenvalue weighted by Crippen LogP contribution is 2.53. The topological polar surface area (TPSA) is 15.3 Å². The molecule has 2 nitrogen and oxygen atoms in total. The minimum Gasteiger partial charge on any atom is -0.385 e. The predicted octanol–water partition coefficient (Wildman–Crippen LogP) is 16.2. The first-order valence-corrected chi connectivity index (χ1v) is 23.7. The molecule has 2 unspecified atom stereocenters. The maximum Gasteiger partial charge on any atom is 0.0470 e. The van der Waals surface area contributed by atoms with E-state index in [0.717, 1.165) is 62.2 Å². The van der Waals surface area contributed by atoms with E-state index in [1.807, 2.05) is 0 Å². The summed E-state index contributed by atoms with van der Waals surface area (Å²) in [6, 6.07) is 48.8. The zero-order valence-electron chi connectivity index (χ0n) is 38.4. The Kier molecular flexibility index (Phi) is 13.3. The summed E-state index contributed by atoms with van der Waals surface area (Å²) in [7, 11) is 0. The van der Waals surface area contributed by atoms with E-state index < -0.39 is 5.41 Å². The Morgan fingerprint density at radius 1 is 0.746 bits per heavy atom. The maximum absolute atomic E-state index is 7.45. The van der Waals surface area contributed by atoms with Crippen molar-refractivity contribution in [3.63, 3.8) is 0 Å². The van der Waals surface area contributed by atoms with Gasteiger partial charge in [0.05, 0.1) is 0 Å². The summed E-state index contributed by atoms with van der Waals surface area (Å²) in [5.74, 6) is 1.21. The van der Waals surface area contributed by atoms with Crippen LogP contribution < -0.4 is 10.2 Å². The molecule has 2 atom stereocenters. The van der Waals surface area contributed by atoms with E-state index in [1.165, 1.54) is 72.0 Å². The average Bonchev–Trinajstić information content (AvgIpc) is 3.75. The van der Waals surface area contributed by atoms with Crippen LogP contribution in [0.3, 0.4) is 0 Å². The molecule has 6 aromatic rings. The smallest absolute Gasteiger partial charge is 0.0470 e. The van der Waals surface area contributed by atoms with Gasteiger partial charge in [0.1, 0.15) is 0 Å². The van der Waals surface area contributed by atoms with Crippen molar-refractivity contribution in [3.05, 3.63) is 214 Å². The van der Waals surface area contributed by atoms with Crippen LogP contribution in [0, 0.1) is 11.8 Å². The van der Waals surface area contributed by atoms with Gasteiger partial charge < -0.3 is 10.2 Å². The number of hydrogen-bond donors (Lipinski definition) is 1. The predicted molar refractivity (Wildman–Crippen MR) is 274 cm³/mol. The van der Waals surface area contributed by atoms with Gasteiger partial charge in [-0.1, -0.05) is 192 Å². The van der Waals surface area contributed by atoms with Crippen molar-refractivity contribution in [2.75, 3.05) is 23.3 Å². The van der Waals surface area contributed by atoms with Crippen LogP contribution in [0.2, 0.25) is 0 Å². The first-order valence-electron chi connectivity index (χ1n) is 23.3. The van der Waals surface area contributed by atoms with Crippen molar-refractivity contribution in [1.29, 1.82) is 0 Å². The Hall–Kier alpha value is -5.57. The molecule has 3 heteroatoms. The normalized spacial score (nSPS) is 18.8. The summed E-state index contributed by atoms with van der Waals surface area (Å²) in [4.78, 5) is 2.62. The summed E-state index contributed by atoms with van der Waals surface area (Å²) in [5.41, 5.74) is 12.0. The summed E-state index contributed by atoms with van der Waals surface area (Å²) in [6.07, 6.45) is 15.0. The van der Waals surface area contributed by atoms with E-state index in [0.29, 0.717) is 11.8 Å². The lowest BCUT2D eigenvalue weighted by Crippen LogP contribution is -2.31. The molecule has 1 aliphatic carbocycles. The molecule has 0 bridgehead atoms. The van der Waals surface area contributed by atoms with Gasteiger partial charge in [-0.05, 0) is 136 Å². The van der Waals surface area contributed by atoms with E-state index >= 15 is 0 Å². The summed E-state index contributed by atoms with van der Waals surface area (Å²) >= 11 is 7.45. The number of benzene rings is 6. The Balaban J connectivity index is 1.17. The minimum atomic E-state index is -0.405. The van der Waals surface area contributed by atoms with E-state index in [-0.39, 0.29) is 5.41 Å². The lowest BCUT2D eigenvalue weighted by molar-refractivity contribution is 0.544. The molecule has 0 saturated heterocycles. The second kappa shape index (κ2) is 19.0. The molecule has 1 N–H and O–H groups in total. The fourth-order valence-corrected chi connectivity index (χ4v) is 10.5. The van der Waals surface area contributed by atoms with Gasteiger partial charge in [-0.3, -0.25) is 0 Å². The van der Waals surface area contributed by atoms with Crippen molar-refractivity contribution in [3.8, 4) is 0 Å². The van der Waals surface area contributed by atoms with Crippen LogP contribution in [0.15, 0.2) is 192 Å². The van der Waals surface area contributed by atoms with Gasteiger partial charge in [-0.25, -0.2) is 0 Å². The Morgan fingerprint density at radius 2 is 1.37 bits per heavy atom. The van der Waals surface area contributed by atoms with Crippen LogP contribution in [0.25, 0.3) is 21.5 Å². The monoisotopic (exact) mass is 848 g/mol. The first-order chi connectivity index (χ1) is 30.5. The van der Waals surface area contributed by atoms with Crippen LogP contribution in [-0.2, 0) is 23.7 Å². The standard InChI is InChI=1S/C60H65ClN2/c1-42(2)36-38-62-53-33-30-47-22-14-16-24-51(47)56(53)59(6,40-45-18-10-8-11-19-45)44(5)26-27-49-28-29-50(58(49)61)32-35-55-60(7,41-46-20-12-9-13-21-46)57-52-25-17-15-23-48(52)31-34-54(57)63(55)39-37-43(3)4/h8-27,30-35,42-43,62H,5,28-29,36-41H2,1-4,6-7H3/b27-26+,50-32+,55-35+. The molecule has 1 aliphatic heterocycles. The third kappa shape index (κ3) is 9.25. The van der Waals surface area contributed by atoms with Gasteiger partial charge in [0.25, 0.3) is 0 Å². The van der Waals surface area contributed by atoms with E-state index in [1.54, 1.807) is 0 Å². The number of anilines is 2. The molecular weight excluding hydrogens is 784 g/mol. The minimum absolute atomic E-state index is 0.242. The highest BCUT2D eigenvalue weighted by molar-refractivity contribution is 6.33. The first kappa shape index (κ1) is 44.1. The van der Waals surface area contributed by atoms with Crippen molar-refractivity contribution in [2.24, 2.45) is 11.8 Å². The molecule has 0 saturated carbocycles. The number of nitrogens with zero attached hydrogens (tertiary/aromatic N) is 1. The number of nitrogens with one attached hydrogen (secondary N) is 1. The lowest BCUT2D eigenvalue weighted by atomic mass is 9.69. The van der Waals surface area contributed by atoms with Gasteiger partial charge in [-0.2, -0.15) is 0 Å². The highest BCUT2D eigenvalue weighted by Gasteiger charge is 2.44. The van der Waals surface area contributed by atoms with Crippen LogP contribution in [0.5, 0.6) is 0 Å². The van der Waals surface area contributed by atoms with Crippen molar-refractivity contribution in [1.82, 2.24) is 0 Å². The fourth-order valence-electron chi connectivity index (χ4n) is 10.2. The van der Waals surface area contributed by atoms with Gasteiger partial charge >= 0.3 is 0 Å². The van der Waals surface area contributed by atoms with Crippen molar-refractivity contribution in [2.45, 2.75) is 90.9 Å². The van der Waals surface area contributed by atoms with E-state index in [9.17, 15) is 0 Å². The van der Waals surface area contributed by atoms with Crippen LogP contribution in [0.1, 0.15) is 89.5 Å². The van der Waals surface area contributed by atoms with Gasteiger partial charge in [0.15, 0.2) is 0 Å². The molecular formula is C60H65ClN2.